The van der Waals surface area contributed by atoms with Gasteiger partial charge in [0.2, 0.25) is 0 Å². The first-order valence-electron chi connectivity index (χ1n) is 11.2. The molecule has 168 valence electrons. The van der Waals surface area contributed by atoms with E-state index in [2.05, 4.69) is 20.9 Å². The zero-order valence-corrected chi connectivity index (χ0v) is 18.5. The van der Waals surface area contributed by atoms with E-state index in [0.717, 1.165) is 29.9 Å². The molecule has 6 heteroatoms. The number of aromatic nitrogens is 1. The van der Waals surface area contributed by atoms with Crippen molar-refractivity contribution in [3.63, 3.8) is 0 Å². The average molecular weight is 449 g/mol. The molecule has 0 saturated carbocycles. The Morgan fingerprint density at radius 2 is 1.65 bits per heavy atom. The second-order valence-corrected chi connectivity index (χ2v) is 8.08. The fourth-order valence-electron chi connectivity index (χ4n) is 3.93. The fourth-order valence-corrected chi connectivity index (χ4v) is 3.93. The highest BCUT2D eigenvalue weighted by atomic mass is 16.2. The number of carbonyl (C=O) groups is 2. The standard InChI is InChI=1S/C28H24N4O2/c33-27(21-5-2-1-3-6-21)31-24-13-11-19(10-12-23-7-4-15-29-23)26(18-24)32-28(34)22-9-8-20-14-16-30-25(20)17-22/h1-13,15,17-18,29-30H,14,16H2,(H,31,33)(H,32,34). The van der Waals surface area contributed by atoms with Gasteiger partial charge in [0.25, 0.3) is 11.8 Å². The minimum absolute atomic E-state index is 0.211. The maximum absolute atomic E-state index is 13.1. The molecule has 34 heavy (non-hydrogen) atoms. The molecule has 2 amide bonds. The fraction of sp³-hybridized carbons (Fsp3) is 0.0714. The van der Waals surface area contributed by atoms with Crippen molar-refractivity contribution in [2.75, 3.05) is 22.5 Å². The molecule has 0 radical (unpaired) electrons. The predicted octanol–water partition coefficient (Wildman–Crippen LogP) is 5.66. The van der Waals surface area contributed by atoms with Crippen molar-refractivity contribution in [3.8, 4) is 0 Å². The molecule has 4 N–H and O–H groups in total. The van der Waals surface area contributed by atoms with Crippen LogP contribution in [0.15, 0.2) is 85.1 Å². The maximum atomic E-state index is 13.1. The van der Waals surface area contributed by atoms with Crippen LogP contribution >= 0.6 is 0 Å². The first-order valence-corrected chi connectivity index (χ1v) is 11.2. The highest BCUT2D eigenvalue weighted by molar-refractivity contribution is 6.08. The molecule has 0 aliphatic carbocycles. The normalized spacial score (nSPS) is 12.2. The van der Waals surface area contributed by atoms with Gasteiger partial charge >= 0.3 is 0 Å². The van der Waals surface area contributed by atoms with Crippen LogP contribution in [0.4, 0.5) is 17.1 Å². The van der Waals surface area contributed by atoms with Crippen molar-refractivity contribution in [3.05, 3.63) is 113 Å². The molecule has 1 aromatic heterocycles. The molecule has 1 aliphatic rings. The Hall–Kier alpha value is -4.58. The van der Waals surface area contributed by atoms with Crippen molar-refractivity contribution < 1.29 is 9.59 Å². The average Bonchev–Trinajstić information content (AvgIpc) is 3.55. The van der Waals surface area contributed by atoms with Crippen LogP contribution < -0.4 is 16.0 Å². The number of hydrogen-bond acceptors (Lipinski definition) is 3. The van der Waals surface area contributed by atoms with Gasteiger partial charge in [-0.1, -0.05) is 36.4 Å². The molecule has 0 fully saturated rings. The molecule has 1 aliphatic heterocycles. The summed E-state index contributed by atoms with van der Waals surface area (Å²) in [7, 11) is 0. The van der Waals surface area contributed by atoms with Crippen molar-refractivity contribution in [1.29, 1.82) is 0 Å². The summed E-state index contributed by atoms with van der Waals surface area (Å²) < 4.78 is 0. The van der Waals surface area contributed by atoms with E-state index in [1.54, 1.807) is 18.2 Å². The second kappa shape index (κ2) is 9.50. The van der Waals surface area contributed by atoms with Crippen LogP contribution in [0.25, 0.3) is 12.2 Å². The molecule has 2 heterocycles. The van der Waals surface area contributed by atoms with Gasteiger partial charge in [-0.3, -0.25) is 9.59 Å². The summed E-state index contributed by atoms with van der Waals surface area (Å²) in [6.07, 6.45) is 6.68. The van der Waals surface area contributed by atoms with E-state index in [-0.39, 0.29) is 11.8 Å². The largest absolute Gasteiger partial charge is 0.384 e. The van der Waals surface area contributed by atoms with E-state index in [1.165, 1.54) is 5.56 Å². The van der Waals surface area contributed by atoms with Gasteiger partial charge in [-0.2, -0.15) is 0 Å². The van der Waals surface area contributed by atoms with Crippen LogP contribution in [0, 0.1) is 0 Å². The van der Waals surface area contributed by atoms with Crippen LogP contribution in [0.1, 0.15) is 37.5 Å². The zero-order valence-electron chi connectivity index (χ0n) is 18.5. The van der Waals surface area contributed by atoms with Crippen LogP contribution in [-0.2, 0) is 6.42 Å². The van der Waals surface area contributed by atoms with Crippen LogP contribution in [0.3, 0.4) is 0 Å². The van der Waals surface area contributed by atoms with Gasteiger partial charge in [-0.25, -0.2) is 0 Å². The van der Waals surface area contributed by atoms with E-state index in [9.17, 15) is 9.59 Å². The van der Waals surface area contributed by atoms with E-state index in [0.29, 0.717) is 22.5 Å². The number of benzene rings is 3. The molecule has 0 unspecified atom stereocenters. The number of carbonyl (C=O) groups excluding carboxylic acids is 2. The molecular formula is C28H24N4O2. The lowest BCUT2D eigenvalue weighted by molar-refractivity contribution is 0.101. The highest BCUT2D eigenvalue weighted by Crippen LogP contribution is 2.27. The number of anilines is 3. The number of fused-ring (bicyclic) bond motifs is 1. The van der Waals surface area contributed by atoms with Gasteiger partial charge in [-0.05, 0) is 72.2 Å². The third-order valence-corrected chi connectivity index (χ3v) is 5.74. The van der Waals surface area contributed by atoms with E-state index >= 15 is 0 Å². The summed E-state index contributed by atoms with van der Waals surface area (Å²) in [5, 5.41) is 9.24. The molecule has 4 aromatic rings. The minimum Gasteiger partial charge on any atom is -0.384 e. The van der Waals surface area contributed by atoms with Gasteiger partial charge in [0.1, 0.15) is 0 Å². The molecule has 0 bridgehead atoms. The Balaban J connectivity index is 1.42. The number of nitrogens with one attached hydrogen (secondary N) is 4. The Kier molecular flexibility index (Phi) is 5.95. The lowest BCUT2D eigenvalue weighted by Crippen LogP contribution is -2.15. The Morgan fingerprint density at radius 1 is 0.794 bits per heavy atom. The summed E-state index contributed by atoms with van der Waals surface area (Å²) in [6, 6.07) is 24.1. The van der Waals surface area contributed by atoms with Crippen LogP contribution in [-0.4, -0.2) is 23.3 Å². The minimum atomic E-state index is -0.211. The molecule has 0 saturated heterocycles. The SMILES string of the molecule is O=C(Nc1ccc(C=Cc2ccc[nH]2)c(NC(=O)c2ccc3c(c2)NCC3)c1)c1ccccc1. The Bertz CT molecular complexity index is 1360. The van der Waals surface area contributed by atoms with Gasteiger partial charge < -0.3 is 20.9 Å². The van der Waals surface area contributed by atoms with Crippen molar-refractivity contribution in [1.82, 2.24) is 4.98 Å². The zero-order chi connectivity index (χ0) is 23.3. The molecule has 5 rings (SSSR count). The molecule has 0 spiro atoms. The quantitative estimate of drug-likeness (QED) is 0.307. The van der Waals surface area contributed by atoms with Crippen molar-refractivity contribution >= 4 is 41.0 Å². The van der Waals surface area contributed by atoms with Crippen LogP contribution in [0.2, 0.25) is 0 Å². The van der Waals surface area contributed by atoms with Gasteiger partial charge in [0, 0.05) is 40.9 Å². The molecule has 0 atom stereocenters. The van der Waals surface area contributed by atoms with Gasteiger partial charge in [0.05, 0.1) is 5.69 Å². The predicted molar refractivity (Wildman–Crippen MR) is 137 cm³/mol. The van der Waals surface area contributed by atoms with E-state index in [1.807, 2.05) is 79.0 Å². The summed E-state index contributed by atoms with van der Waals surface area (Å²) in [5.41, 5.74) is 6.33. The van der Waals surface area contributed by atoms with E-state index < -0.39 is 0 Å². The third-order valence-electron chi connectivity index (χ3n) is 5.74. The third kappa shape index (κ3) is 4.76. The number of rotatable bonds is 6. The van der Waals surface area contributed by atoms with Crippen molar-refractivity contribution in [2.45, 2.75) is 6.42 Å². The number of H-pyrrole nitrogens is 1. The highest BCUT2D eigenvalue weighted by Gasteiger charge is 2.15. The summed E-state index contributed by atoms with van der Waals surface area (Å²) in [6.45, 7) is 0.886. The number of amides is 2. The Morgan fingerprint density at radius 3 is 2.47 bits per heavy atom. The Labute approximate surface area is 197 Å². The first-order chi connectivity index (χ1) is 16.7. The monoisotopic (exact) mass is 448 g/mol. The number of aromatic amines is 1. The summed E-state index contributed by atoms with van der Waals surface area (Å²) in [5.74, 6) is -0.421. The van der Waals surface area contributed by atoms with Crippen LogP contribution in [0.5, 0.6) is 0 Å². The van der Waals surface area contributed by atoms with E-state index in [4.69, 9.17) is 0 Å². The van der Waals surface area contributed by atoms with Gasteiger partial charge in [0.15, 0.2) is 0 Å². The maximum Gasteiger partial charge on any atom is 0.255 e. The topological polar surface area (TPSA) is 86.0 Å². The first kappa shape index (κ1) is 21.3. The molecule has 6 nitrogen and oxygen atoms in total. The number of hydrogen-bond donors (Lipinski definition) is 4. The molecule has 3 aromatic carbocycles. The summed E-state index contributed by atoms with van der Waals surface area (Å²) >= 11 is 0. The lowest BCUT2D eigenvalue weighted by atomic mass is 10.1. The van der Waals surface area contributed by atoms with Crippen molar-refractivity contribution in [2.24, 2.45) is 0 Å². The van der Waals surface area contributed by atoms with Gasteiger partial charge in [-0.15, -0.1) is 0 Å². The molecular weight excluding hydrogens is 424 g/mol. The second-order valence-electron chi connectivity index (χ2n) is 8.08. The summed E-state index contributed by atoms with van der Waals surface area (Å²) in [4.78, 5) is 28.9. The lowest BCUT2D eigenvalue weighted by Gasteiger charge is -2.13. The smallest absolute Gasteiger partial charge is 0.255 e.